The van der Waals surface area contributed by atoms with Crippen LogP contribution >= 0.6 is 22.9 Å². The summed E-state index contributed by atoms with van der Waals surface area (Å²) in [4.78, 5) is 22.9. The summed E-state index contributed by atoms with van der Waals surface area (Å²) >= 11 is 7.68. The lowest BCUT2D eigenvalue weighted by Gasteiger charge is -2.06. The molecule has 0 atom stereocenters. The molecule has 3 aromatic heterocycles. The van der Waals surface area contributed by atoms with Crippen molar-refractivity contribution in [3.63, 3.8) is 0 Å². The summed E-state index contributed by atoms with van der Waals surface area (Å²) in [6.45, 7) is 0. The maximum atomic E-state index is 13.1. The number of aromatic nitrogens is 3. The van der Waals surface area contributed by atoms with E-state index in [4.69, 9.17) is 16.6 Å². The van der Waals surface area contributed by atoms with Gasteiger partial charge in [-0.3, -0.25) is 14.2 Å². The zero-order valence-corrected chi connectivity index (χ0v) is 14.4. The SMILES string of the molecule is O=c1c2cnc3c(Cl)cccc3c2nc2scc(-c3ccccc3)n12. The molecule has 25 heavy (non-hydrogen) atoms. The number of fused-ring (bicyclic) bond motifs is 4. The smallest absolute Gasteiger partial charge is 0.268 e. The van der Waals surface area contributed by atoms with Gasteiger partial charge in [0.15, 0.2) is 4.96 Å². The molecule has 0 amide bonds. The molecule has 3 heterocycles. The predicted octanol–water partition coefficient (Wildman–Crippen LogP) is 4.78. The highest BCUT2D eigenvalue weighted by atomic mass is 35.5. The van der Waals surface area contributed by atoms with E-state index >= 15 is 0 Å². The minimum absolute atomic E-state index is 0.116. The number of rotatable bonds is 1. The number of halogens is 1. The van der Waals surface area contributed by atoms with Crippen molar-refractivity contribution < 1.29 is 0 Å². The van der Waals surface area contributed by atoms with Crippen molar-refractivity contribution in [3.8, 4) is 11.3 Å². The van der Waals surface area contributed by atoms with Crippen molar-refractivity contribution in [1.82, 2.24) is 14.4 Å². The Hall–Kier alpha value is -2.76. The molecule has 0 bridgehead atoms. The second kappa shape index (κ2) is 5.37. The highest BCUT2D eigenvalue weighted by Gasteiger charge is 2.15. The average Bonchev–Trinajstić information content (AvgIpc) is 3.07. The van der Waals surface area contributed by atoms with E-state index in [2.05, 4.69) is 4.98 Å². The standard InChI is InChI=1S/C19H10ClN3OS/c20-14-8-4-7-12-16-13(9-21-17(12)14)18(24)23-15(10-25-19(23)22-16)11-5-2-1-3-6-11/h1-10H. The number of pyridine rings is 1. The normalized spacial score (nSPS) is 11.6. The molecule has 0 unspecified atom stereocenters. The van der Waals surface area contributed by atoms with Gasteiger partial charge in [-0.1, -0.05) is 54.1 Å². The lowest BCUT2D eigenvalue weighted by atomic mass is 10.1. The third-order valence-corrected chi connectivity index (χ3v) is 5.37. The summed E-state index contributed by atoms with van der Waals surface area (Å²) in [5.74, 6) is 0. The zero-order chi connectivity index (χ0) is 17.0. The predicted molar refractivity (Wildman–Crippen MR) is 103 cm³/mol. The number of thiazole rings is 1. The van der Waals surface area contributed by atoms with Crippen molar-refractivity contribution >= 4 is 49.7 Å². The molecule has 0 aliphatic rings. The fraction of sp³-hybridized carbons (Fsp3) is 0. The maximum Gasteiger partial charge on any atom is 0.268 e. The van der Waals surface area contributed by atoms with Crippen LogP contribution in [0.3, 0.4) is 0 Å². The topological polar surface area (TPSA) is 47.3 Å². The van der Waals surface area contributed by atoms with Gasteiger partial charge in [0.25, 0.3) is 5.56 Å². The molecule has 5 aromatic rings. The van der Waals surface area contributed by atoms with Gasteiger partial charge in [-0.25, -0.2) is 4.98 Å². The van der Waals surface area contributed by atoms with Crippen molar-refractivity contribution in [2.24, 2.45) is 0 Å². The molecule has 0 aliphatic carbocycles. The number of nitrogens with zero attached hydrogens (tertiary/aromatic N) is 3. The van der Waals surface area contributed by atoms with Crippen molar-refractivity contribution in [2.45, 2.75) is 0 Å². The first kappa shape index (κ1) is 14.6. The Morgan fingerprint density at radius 2 is 1.80 bits per heavy atom. The van der Waals surface area contributed by atoms with Gasteiger partial charge in [-0.15, -0.1) is 11.3 Å². The molecule has 0 spiro atoms. The fourth-order valence-electron chi connectivity index (χ4n) is 3.06. The highest BCUT2D eigenvalue weighted by molar-refractivity contribution is 7.15. The highest BCUT2D eigenvalue weighted by Crippen LogP contribution is 2.29. The van der Waals surface area contributed by atoms with E-state index in [0.29, 0.717) is 26.4 Å². The van der Waals surface area contributed by atoms with Crippen LogP contribution in [0.25, 0.3) is 38.0 Å². The van der Waals surface area contributed by atoms with Crippen LogP contribution in [0.1, 0.15) is 0 Å². The summed E-state index contributed by atoms with van der Waals surface area (Å²) in [6, 6.07) is 15.4. The van der Waals surface area contributed by atoms with Crippen LogP contribution < -0.4 is 5.56 Å². The Labute approximate surface area is 151 Å². The van der Waals surface area contributed by atoms with E-state index in [0.717, 1.165) is 16.6 Å². The zero-order valence-electron chi connectivity index (χ0n) is 12.8. The molecule has 0 N–H and O–H groups in total. The lowest BCUT2D eigenvalue weighted by Crippen LogP contribution is -2.15. The number of hydrogen-bond acceptors (Lipinski definition) is 4. The third kappa shape index (κ3) is 2.10. The summed E-state index contributed by atoms with van der Waals surface area (Å²) in [7, 11) is 0. The average molecular weight is 364 g/mol. The van der Waals surface area contributed by atoms with E-state index in [1.807, 2.05) is 47.8 Å². The van der Waals surface area contributed by atoms with Crippen LogP contribution in [0.15, 0.2) is 64.9 Å². The second-order valence-corrected chi connectivity index (χ2v) is 6.92. The van der Waals surface area contributed by atoms with Gasteiger partial charge >= 0.3 is 0 Å². The first-order chi connectivity index (χ1) is 12.2. The monoisotopic (exact) mass is 363 g/mol. The Morgan fingerprint density at radius 3 is 2.64 bits per heavy atom. The molecule has 0 radical (unpaired) electrons. The first-order valence-electron chi connectivity index (χ1n) is 7.66. The number of hydrogen-bond donors (Lipinski definition) is 0. The van der Waals surface area contributed by atoms with Crippen LogP contribution in [-0.4, -0.2) is 14.4 Å². The Morgan fingerprint density at radius 1 is 0.960 bits per heavy atom. The van der Waals surface area contributed by atoms with Crippen LogP contribution in [0.4, 0.5) is 0 Å². The van der Waals surface area contributed by atoms with Crippen molar-refractivity contribution in [2.75, 3.05) is 0 Å². The minimum atomic E-state index is -0.116. The number of para-hydroxylation sites is 1. The summed E-state index contributed by atoms with van der Waals surface area (Å²) in [6.07, 6.45) is 1.57. The third-order valence-electron chi connectivity index (χ3n) is 4.24. The van der Waals surface area contributed by atoms with Gasteiger partial charge in [0.05, 0.1) is 27.1 Å². The Kier molecular flexibility index (Phi) is 3.13. The summed E-state index contributed by atoms with van der Waals surface area (Å²) in [5, 5.41) is 3.79. The fourth-order valence-corrected chi connectivity index (χ4v) is 4.17. The summed E-state index contributed by atoms with van der Waals surface area (Å²) < 4.78 is 1.65. The number of benzene rings is 2. The molecule has 0 saturated carbocycles. The maximum absolute atomic E-state index is 13.1. The molecule has 5 rings (SSSR count). The molecule has 120 valence electrons. The van der Waals surface area contributed by atoms with E-state index < -0.39 is 0 Å². The van der Waals surface area contributed by atoms with Gasteiger partial charge in [0.2, 0.25) is 0 Å². The molecule has 6 heteroatoms. The van der Waals surface area contributed by atoms with Gasteiger partial charge in [0.1, 0.15) is 0 Å². The Balaban J connectivity index is 1.94. The molecule has 0 saturated heterocycles. The van der Waals surface area contributed by atoms with Crippen LogP contribution in [0, 0.1) is 0 Å². The summed E-state index contributed by atoms with van der Waals surface area (Å²) in [5.41, 5.74) is 3.00. The van der Waals surface area contributed by atoms with Gasteiger partial charge in [-0.05, 0) is 11.6 Å². The molecule has 0 aliphatic heterocycles. The molecule has 4 nitrogen and oxygen atoms in total. The second-order valence-electron chi connectivity index (χ2n) is 5.68. The molecule has 0 fully saturated rings. The van der Waals surface area contributed by atoms with Crippen molar-refractivity contribution in [3.05, 3.63) is 75.5 Å². The van der Waals surface area contributed by atoms with Gasteiger partial charge < -0.3 is 0 Å². The van der Waals surface area contributed by atoms with Gasteiger partial charge in [0, 0.05) is 17.0 Å². The van der Waals surface area contributed by atoms with Crippen LogP contribution in [0.2, 0.25) is 5.02 Å². The lowest BCUT2D eigenvalue weighted by molar-refractivity contribution is 1.12. The molecule has 2 aromatic carbocycles. The molecular weight excluding hydrogens is 354 g/mol. The van der Waals surface area contributed by atoms with E-state index in [1.54, 1.807) is 16.7 Å². The Bertz CT molecular complexity index is 1330. The minimum Gasteiger partial charge on any atom is -0.268 e. The quantitative estimate of drug-likeness (QED) is 0.403. The first-order valence-corrected chi connectivity index (χ1v) is 8.92. The van der Waals surface area contributed by atoms with E-state index in [9.17, 15) is 4.79 Å². The van der Waals surface area contributed by atoms with Crippen LogP contribution in [-0.2, 0) is 0 Å². The largest absolute Gasteiger partial charge is 0.268 e. The van der Waals surface area contributed by atoms with E-state index in [-0.39, 0.29) is 5.56 Å². The van der Waals surface area contributed by atoms with E-state index in [1.165, 1.54) is 11.3 Å². The van der Waals surface area contributed by atoms with Crippen molar-refractivity contribution in [1.29, 1.82) is 0 Å². The van der Waals surface area contributed by atoms with Crippen LogP contribution in [0.5, 0.6) is 0 Å². The van der Waals surface area contributed by atoms with Gasteiger partial charge in [-0.2, -0.15) is 0 Å². The molecular formula is C19H10ClN3OS.